The number of nitrogens with one attached hydrogen (secondary N) is 2. The number of hydrogen-bond acceptors (Lipinski definition) is 5. The van der Waals surface area contributed by atoms with Gasteiger partial charge in [0.1, 0.15) is 0 Å². The highest BCUT2D eigenvalue weighted by atomic mass is 16.5. The predicted octanol–water partition coefficient (Wildman–Crippen LogP) is 2.32. The van der Waals surface area contributed by atoms with Gasteiger partial charge in [0, 0.05) is 25.2 Å². The summed E-state index contributed by atoms with van der Waals surface area (Å²) in [5.74, 6) is -1.16. The zero-order valence-corrected chi connectivity index (χ0v) is 15.0. The molecule has 0 aliphatic heterocycles. The third-order valence-electron chi connectivity index (χ3n) is 3.45. The van der Waals surface area contributed by atoms with Crippen LogP contribution in [0.3, 0.4) is 0 Å². The lowest BCUT2D eigenvalue weighted by molar-refractivity contribution is -0.139. The van der Waals surface area contributed by atoms with E-state index in [0.29, 0.717) is 19.7 Å². The van der Waals surface area contributed by atoms with Gasteiger partial charge >= 0.3 is 18.0 Å². The van der Waals surface area contributed by atoms with Crippen molar-refractivity contribution in [3.05, 3.63) is 48.0 Å². The average molecular weight is 362 g/mol. The van der Waals surface area contributed by atoms with E-state index < -0.39 is 11.9 Å². The molecule has 0 radical (unpaired) electrons. The SMILES string of the molecule is COC(=O)/C=C/C(=O)OCCCCCCNC(=O)NCc1ccccc1. The van der Waals surface area contributed by atoms with Crippen LogP contribution in [-0.4, -0.2) is 38.2 Å². The number of urea groups is 1. The molecule has 0 aromatic heterocycles. The Morgan fingerprint density at radius 1 is 0.923 bits per heavy atom. The number of carbonyl (C=O) groups excluding carboxylic acids is 3. The molecule has 1 aromatic rings. The second kappa shape index (κ2) is 13.5. The first-order valence-corrected chi connectivity index (χ1v) is 8.60. The van der Waals surface area contributed by atoms with Crippen LogP contribution < -0.4 is 10.6 Å². The van der Waals surface area contributed by atoms with Crippen molar-refractivity contribution in [2.45, 2.75) is 32.2 Å². The lowest BCUT2D eigenvalue weighted by Gasteiger charge is -2.07. The fraction of sp³-hybridized carbons (Fsp3) is 0.421. The molecule has 0 atom stereocenters. The standard InChI is InChI=1S/C19H26N2O5/c1-25-17(22)11-12-18(23)26-14-8-3-2-7-13-20-19(24)21-15-16-9-5-4-6-10-16/h4-6,9-12H,2-3,7-8,13-15H2,1H3,(H2,20,21,24)/b12-11+. The molecule has 0 spiro atoms. The number of carbonyl (C=O) groups is 3. The third-order valence-corrected chi connectivity index (χ3v) is 3.45. The van der Waals surface area contributed by atoms with E-state index in [0.717, 1.165) is 43.4 Å². The summed E-state index contributed by atoms with van der Waals surface area (Å²) >= 11 is 0. The second-order valence-electron chi connectivity index (χ2n) is 5.53. The Labute approximate surface area is 153 Å². The molecule has 0 saturated heterocycles. The molecule has 0 aliphatic carbocycles. The maximum atomic E-state index is 11.6. The normalized spacial score (nSPS) is 10.3. The first-order chi connectivity index (χ1) is 12.6. The van der Waals surface area contributed by atoms with Gasteiger partial charge in [-0.3, -0.25) is 0 Å². The van der Waals surface area contributed by atoms with Crippen LogP contribution in [0.1, 0.15) is 31.2 Å². The zero-order valence-electron chi connectivity index (χ0n) is 15.0. The number of methoxy groups -OCH3 is 1. The Kier molecular flexibility index (Phi) is 11.0. The minimum absolute atomic E-state index is 0.180. The number of ether oxygens (including phenoxy) is 2. The van der Waals surface area contributed by atoms with Gasteiger partial charge in [-0.2, -0.15) is 0 Å². The van der Waals surface area contributed by atoms with Crippen LogP contribution in [0.25, 0.3) is 0 Å². The maximum Gasteiger partial charge on any atom is 0.331 e. The minimum Gasteiger partial charge on any atom is -0.466 e. The average Bonchev–Trinajstić information content (AvgIpc) is 2.67. The van der Waals surface area contributed by atoms with E-state index in [9.17, 15) is 14.4 Å². The topological polar surface area (TPSA) is 93.7 Å². The summed E-state index contributed by atoms with van der Waals surface area (Å²) in [6.45, 7) is 1.40. The molecular weight excluding hydrogens is 336 g/mol. The van der Waals surface area contributed by atoms with Crippen molar-refractivity contribution < 1.29 is 23.9 Å². The van der Waals surface area contributed by atoms with Crippen LogP contribution in [0.15, 0.2) is 42.5 Å². The third kappa shape index (κ3) is 10.9. The highest BCUT2D eigenvalue weighted by Crippen LogP contribution is 2.00. The Bertz CT molecular complexity index is 587. The number of unbranched alkanes of at least 4 members (excludes halogenated alkanes) is 3. The lowest BCUT2D eigenvalue weighted by atomic mass is 10.2. The second-order valence-corrected chi connectivity index (χ2v) is 5.53. The van der Waals surface area contributed by atoms with Gasteiger partial charge in [0.05, 0.1) is 13.7 Å². The first-order valence-electron chi connectivity index (χ1n) is 8.60. The van der Waals surface area contributed by atoms with E-state index in [1.165, 1.54) is 7.11 Å². The van der Waals surface area contributed by atoms with E-state index in [-0.39, 0.29) is 6.03 Å². The monoisotopic (exact) mass is 362 g/mol. The number of amides is 2. The first kappa shape index (κ1) is 21.2. The zero-order chi connectivity index (χ0) is 19.0. The summed E-state index contributed by atoms with van der Waals surface area (Å²) in [5, 5.41) is 5.61. The van der Waals surface area contributed by atoms with E-state index in [4.69, 9.17) is 4.74 Å². The minimum atomic E-state index is -0.595. The molecule has 142 valence electrons. The largest absolute Gasteiger partial charge is 0.466 e. The number of benzene rings is 1. The Morgan fingerprint density at radius 3 is 2.35 bits per heavy atom. The molecular formula is C19H26N2O5. The highest BCUT2D eigenvalue weighted by Gasteiger charge is 2.01. The molecule has 0 bridgehead atoms. The van der Waals surface area contributed by atoms with Crippen molar-refractivity contribution in [2.24, 2.45) is 0 Å². The summed E-state index contributed by atoms with van der Waals surface area (Å²) in [4.78, 5) is 33.7. The number of esters is 2. The van der Waals surface area contributed by atoms with Crippen LogP contribution in [0.4, 0.5) is 4.79 Å². The maximum absolute atomic E-state index is 11.6. The molecule has 7 heteroatoms. The molecule has 0 fully saturated rings. The Morgan fingerprint density at radius 2 is 1.62 bits per heavy atom. The van der Waals surface area contributed by atoms with Gasteiger partial charge in [0.2, 0.25) is 0 Å². The number of rotatable bonds is 11. The van der Waals surface area contributed by atoms with Gasteiger partial charge in [-0.1, -0.05) is 36.8 Å². The summed E-state index contributed by atoms with van der Waals surface area (Å²) in [6, 6.07) is 9.53. The van der Waals surface area contributed by atoms with E-state index in [1.807, 2.05) is 30.3 Å². The summed E-state index contributed by atoms with van der Waals surface area (Å²) in [6.07, 6.45) is 5.48. The summed E-state index contributed by atoms with van der Waals surface area (Å²) in [7, 11) is 1.24. The molecule has 2 amide bonds. The van der Waals surface area contributed by atoms with Crippen LogP contribution in [0.5, 0.6) is 0 Å². The van der Waals surface area contributed by atoms with Crippen molar-refractivity contribution in [3.63, 3.8) is 0 Å². The fourth-order valence-corrected chi connectivity index (χ4v) is 2.05. The quantitative estimate of drug-likeness (QED) is 0.358. The molecule has 7 nitrogen and oxygen atoms in total. The highest BCUT2D eigenvalue weighted by molar-refractivity contribution is 5.91. The van der Waals surface area contributed by atoms with Crippen molar-refractivity contribution in [1.82, 2.24) is 10.6 Å². The molecule has 0 saturated carbocycles. The summed E-state index contributed by atoms with van der Waals surface area (Å²) < 4.78 is 9.31. The lowest BCUT2D eigenvalue weighted by Crippen LogP contribution is -2.35. The Hall–Kier alpha value is -2.83. The van der Waals surface area contributed by atoms with Gasteiger partial charge in [-0.05, 0) is 24.8 Å². The van der Waals surface area contributed by atoms with Gasteiger partial charge in [0.15, 0.2) is 0 Å². The van der Waals surface area contributed by atoms with E-state index in [2.05, 4.69) is 15.4 Å². The van der Waals surface area contributed by atoms with Gasteiger partial charge in [-0.15, -0.1) is 0 Å². The van der Waals surface area contributed by atoms with Crippen LogP contribution in [0.2, 0.25) is 0 Å². The molecule has 1 aromatic carbocycles. The van der Waals surface area contributed by atoms with Crippen LogP contribution in [-0.2, 0) is 25.6 Å². The van der Waals surface area contributed by atoms with Crippen molar-refractivity contribution >= 4 is 18.0 Å². The van der Waals surface area contributed by atoms with Gasteiger partial charge in [-0.25, -0.2) is 14.4 Å². The fourth-order valence-electron chi connectivity index (χ4n) is 2.05. The van der Waals surface area contributed by atoms with Crippen molar-refractivity contribution in [3.8, 4) is 0 Å². The van der Waals surface area contributed by atoms with Crippen LogP contribution >= 0.6 is 0 Å². The van der Waals surface area contributed by atoms with E-state index >= 15 is 0 Å². The number of hydrogen-bond donors (Lipinski definition) is 2. The van der Waals surface area contributed by atoms with Crippen molar-refractivity contribution in [1.29, 1.82) is 0 Å². The molecule has 26 heavy (non-hydrogen) atoms. The molecule has 2 N–H and O–H groups in total. The molecule has 0 heterocycles. The molecule has 0 aliphatic rings. The Balaban J connectivity index is 1.94. The van der Waals surface area contributed by atoms with Gasteiger partial charge in [0.25, 0.3) is 0 Å². The van der Waals surface area contributed by atoms with Crippen LogP contribution in [0, 0.1) is 0 Å². The van der Waals surface area contributed by atoms with Crippen molar-refractivity contribution in [2.75, 3.05) is 20.3 Å². The molecule has 1 rings (SSSR count). The molecule has 0 unspecified atom stereocenters. The smallest absolute Gasteiger partial charge is 0.331 e. The van der Waals surface area contributed by atoms with E-state index in [1.54, 1.807) is 0 Å². The van der Waals surface area contributed by atoms with Gasteiger partial charge < -0.3 is 20.1 Å². The predicted molar refractivity (Wildman–Crippen MR) is 97.3 cm³/mol. The summed E-state index contributed by atoms with van der Waals surface area (Å²) in [5.41, 5.74) is 1.05.